The van der Waals surface area contributed by atoms with Gasteiger partial charge in [0.1, 0.15) is 6.54 Å². The van der Waals surface area contributed by atoms with Gasteiger partial charge in [-0.2, -0.15) is 4.80 Å². The number of rotatable bonds is 8. The Kier molecular flexibility index (Phi) is 6.73. The fourth-order valence-corrected chi connectivity index (χ4v) is 2.63. The molecule has 1 N–H and O–H groups in total. The van der Waals surface area contributed by atoms with Crippen molar-refractivity contribution >= 4 is 17.5 Å². The SMILES string of the molecule is CC(C)CCC[C@H](C)NC(=O)Cn1nnc(-c2ccccc2Cl)n1. The van der Waals surface area contributed by atoms with Gasteiger partial charge in [-0.25, -0.2) is 0 Å². The summed E-state index contributed by atoms with van der Waals surface area (Å²) in [4.78, 5) is 13.4. The molecule has 0 aliphatic carbocycles. The highest BCUT2D eigenvalue weighted by atomic mass is 35.5. The molecule has 0 fully saturated rings. The summed E-state index contributed by atoms with van der Waals surface area (Å²) >= 11 is 6.12. The van der Waals surface area contributed by atoms with Crippen molar-refractivity contribution in [2.24, 2.45) is 5.92 Å². The van der Waals surface area contributed by atoms with Gasteiger partial charge in [-0.1, -0.05) is 50.4 Å². The number of carbonyl (C=O) groups excluding carboxylic acids is 1. The molecular weight excluding hydrogens is 326 g/mol. The van der Waals surface area contributed by atoms with Gasteiger partial charge in [-0.3, -0.25) is 4.79 Å². The summed E-state index contributed by atoms with van der Waals surface area (Å²) in [5.41, 5.74) is 0.702. The number of aromatic nitrogens is 4. The molecule has 130 valence electrons. The molecule has 0 aliphatic rings. The average molecular weight is 350 g/mol. The third-order valence-corrected chi connectivity index (χ3v) is 4.01. The molecule has 2 aromatic rings. The van der Waals surface area contributed by atoms with Gasteiger partial charge in [-0.05, 0) is 36.6 Å². The van der Waals surface area contributed by atoms with Gasteiger partial charge < -0.3 is 5.32 Å². The maximum absolute atomic E-state index is 12.1. The van der Waals surface area contributed by atoms with Gasteiger partial charge >= 0.3 is 0 Å². The Morgan fingerprint density at radius 2 is 2.00 bits per heavy atom. The van der Waals surface area contributed by atoms with Crippen LogP contribution in [0, 0.1) is 5.92 Å². The Bertz CT molecular complexity index is 671. The molecule has 6 nitrogen and oxygen atoms in total. The standard InChI is InChI=1S/C17H24ClN5O/c1-12(2)7-6-8-13(3)19-16(24)11-23-21-17(20-22-23)14-9-4-5-10-15(14)18/h4-5,9-10,12-13H,6-8,11H2,1-3H3,(H,19,24)/t13-/m0/s1. The van der Waals surface area contributed by atoms with Crippen LogP contribution in [-0.4, -0.2) is 32.2 Å². The van der Waals surface area contributed by atoms with E-state index in [1.807, 2.05) is 25.1 Å². The van der Waals surface area contributed by atoms with Crippen LogP contribution < -0.4 is 5.32 Å². The second kappa shape index (κ2) is 8.78. The fourth-order valence-electron chi connectivity index (χ4n) is 2.41. The number of nitrogens with zero attached hydrogens (tertiary/aromatic N) is 4. The second-order valence-electron chi connectivity index (χ2n) is 6.42. The topological polar surface area (TPSA) is 72.7 Å². The van der Waals surface area contributed by atoms with Crippen LogP contribution in [-0.2, 0) is 11.3 Å². The minimum absolute atomic E-state index is 0.0476. The van der Waals surface area contributed by atoms with Crippen LogP contribution in [0.2, 0.25) is 5.02 Å². The zero-order chi connectivity index (χ0) is 17.5. The van der Waals surface area contributed by atoms with E-state index < -0.39 is 0 Å². The van der Waals surface area contributed by atoms with Crippen LogP contribution in [0.4, 0.5) is 0 Å². The van der Waals surface area contributed by atoms with E-state index in [9.17, 15) is 4.79 Å². The van der Waals surface area contributed by atoms with Crippen LogP contribution in [0.5, 0.6) is 0 Å². The van der Waals surface area contributed by atoms with Gasteiger partial charge in [0.2, 0.25) is 11.7 Å². The van der Waals surface area contributed by atoms with Crippen molar-refractivity contribution in [1.82, 2.24) is 25.5 Å². The van der Waals surface area contributed by atoms with Crippen molar-refractivity contribution < 1.29 is 4.79 Å². The number of carbonyl (C=O) groups is 1. The lowest BCUT2D eigenvalue weighted by Gasteiger charge is -2.14. The number of tetrazole rings is 1. The number of nitrogens with one attached hydrogen (secondary N) is 1. The predicted molar refractivity (Wildman–Crippen MR) is 94.6 cm³/mol. The van der Waals surface area contributed by atoms with E-state index in [1.165, 1.54) is 11.2 Å². The first-order valence-corrected chi connectivity index (χ1v) is 8.65. The Morgan fingerprint density at radius 1 is 1.25 bits per heavy atom. The largest absolute Gasteiger partial charge is 0.352 e. The van der Waals surface area contributed by atoms with E-state index in [1.54, 1.807) is 6.07 Å². The van der Waals surface area contributed by atoms with E-state index in [4.69, 9.17) is 11.6 Å². The molecule has 0 spiro atoms. The van der Waals surface area contributed by atoms with Crippen molar-refractivity contribution in [2.45, 2.75) is 52.6 Å². The molecule has 7 heteroatoms. The minimum atomic E-state index is -0.116. The molecule has 24 heavy (non-hydrogen) atoms. The maximum atomic E-state index is 12.1. The quantitative estimate of drug-likeness (QED) is 0.793. The summed E-state index contributed by atoms with van der Waals surface area (Å²) in [5, 5.41) is 15.6. The monoisotopic (exact) mass is 349 g/mol. The highest BCUT2D eigenvalue weighted by molar-refractivity contribution is 6.33. The van der Waals surface area contributed by atoms with Crippen molar-refractivity contribution in [3.63, 3.8) is 0 Å². The van der Waals surface area contributed by atoms with Crippen LogP contribution in [0.25, 0.3) is 11.4 Å². The van der Waals surface area contributed by atoms with Crippen LogP contribution in [0.15, 0.2) is 24.3 Å². The highest BCUT2D eigenvalue weighted by Crippen LogP contribution is 2.23. The minimum Gasteiger partial charge on any atom is -0.352 e. The summed E-state index contributed by atoms with van der Waals surface area (Å²) in [7, 11) is 0. The molecular formula is C17H24ClN5O. The number of hydrogen-bond donors (Lipinski definition) is 1. The predicted octanol–water partition coefficient (Wildman–Crippen LogP) is 3.32. The summed E-state index contributed by atoms with van der Waals surface area (Å²) in [6, 6.07) is 7.42. The van der Waals surface area contributed by atoms with E-state index in [0.717, 1.165) is 12.8 Å². The summed E-state index contributed by atoms with van der Waals surface area (Å²) < 4.78 is 0. The Labute approximate surface area is 147 Å². The molecule has 2 rings (SSSR count). The first kappa shape index (κ1) is 18.4. The Hall–Kier alpha value is -1.95. The van der Waals surface area contributed by atoms with E-state index in [-0.39, 0.29) is 18.5 Å². The number of benzene rings is 1. The molecule has 1 atom stereocenters. The number of halogens is 1. The normalized spacial score (nSPS) is 12.4. The van der Waals surface area contributed by atoms with E-state index in [2.05, 4.69) is 34.6 Å². The maximum Gasteiger partial charge on any atom is 0.243 e. The lowest BCUT2D eigenvalue weighted by Crippen LogP contribution is -2.35. The summed E-state index contributed by atoms with van der Waals surface area (Å²) in [6.45, 7) is 6.47. The van der Waals surface area contributed by atoms with Crippen molar-refractivity contribution in [3.05, 3.63) is 29.3 Å². The Balaban J connectivity index is 1.86. The smallest absolute Gasteiger partial charge is 0.243 e. The molecule has 1 heterocycles. The fraction of sp³-hybridized carbons (Fsp3) is 0.529. The highest BCUT2D eigenvalue weighted by Gasteiger charge is 2.13. The number of amides is 1. The third-order valence-electron chi connectivity index (χ3n) is 3.68. The molecule has 0 saturated carbocycles. The summed E-state index contributed by atoms with van der Waals surface area (Å²) in [5.74, 6) is 0.990. The molecule has 1 amide bonds. The third kappa shape index (κ3) is 5.60. The average Bonchev–Trinajstić information content (AvgIpc) is 2.95. The first-order valence-electron chi connectivity index (χ1n) is 8.27. The van der Waals surface area contributed by atoms with Crippen molar-refractivity contribution in [2.75, 3.05) is 0 Å². The molecule has 1 aromatic heterocycles. The molecule has 0 saturated heterocycles. The van der Waals surface area contributed by atoms with Gasteiger partial charge in [0.25, 0.3) is 0 Å². The lowest BCUT2D eigenvalue weighted by atomic mass is 10.0. The zero-order valence-electron chi connectivity index (χ0n) is 14.4. The van der Waals surface area contributed by atoms with Gasteiger partial charge in [0.05, 0.1) is 5.02 Å². The van der Waals surface area contributed by atoms with Gasteiger partial charge in [-0.15, -0.1) is 10.2 Å². The molecule has 0 unspecified atom stereocenters. The molecule has 0 radical (unpaired) electrons. The Morgan fingerprint density at radius 3 is 2.71 bits per heavy atom. The van der Waals surface area contributed by atoms with E-state index in [0.29, 0.717) is 22.3 Å². The van der Waals surface area contributed by atoms with Crippen LogP contribution in [0.1, 0.15) is 40.0 Å². The van der Waals surface area contributed by atoms with E-state index >= 15 is 0 Å². The lowest BCUT2D eigenvalue weighted by molar-refractivity contribution is -0.122. The molecule has 0 bridgehead atoms. The first-order chi connectivity index (χ1) is 11.5. The van der Waals surface area contributed by atoms with Crippen molar-refractivity contribution in [3.8, 4) is 11.4 Å². The second-order valence-corrected chi connectivity index (χ2v) is 6.82. The molecule has 1 aromatic carbocycles. The van der Waals surface area contributed by atoms with Gasteiger partial charge in [0.15, 0.2) is 0 Å². The zero-order valence-corrected chi connectivity index (χ0v) is 15.1. The van der Waals surface area contributed by atoms with Crippen LogP contribution >= 0.6 is 11.6 Å². The number of hydrogen-bond acceptors (Lipinski definition) is 4. The van der Waals surface area contributed by atoms with Crippen LogP contribution in [0.3, 0.4) is 0 Å². The molecule has 0 aliphatic heterocycles. The van der Waals surface area contributed by atoms with Gasteiger partial charge in [0, 0.05) is 11.6 Å². The summed E-state index contributed by atoms with van der Waals surface area (Å²) in [6.07, 6.45) is 3.25. The van der Waals surface area contributed by atoms with Crippen molar-refractivity contribution in [1.29, 1.82) is 0 Å².